The molecule has 23 heavy (non-hydrogen) atoms. The Morgan fingerprint density at radius 1 is 1.39 bits per heavy atom. The summed E-state index contributed by atoms with van der Waals surface area (Å²) in [6.07, 6.45) is -5.41. The average molecular weight is 328 g/mol. The molecule has 3 N–H and O–H groups in total. The van der Waals surface area contributed by atoms with Gasteiger partial charge in [-0.2, -0.15) is 0 Å². The fourth-order valence-electron chi connectivity index (χ4n) is 2.19. The molecule has 0 aromatic carbocycles. The maximum Gasteiger partial charge on any atom is 0.345 e. The Hall–Kier alpha value is -2.27. The number of allylic oxidation sites excluding steroid dienone is 1. The summed E-state index contributed by atoms with van der Waals surface area (Å²) in [4.78, 5) is 57.3. The molecule has 1 saturated heterocycles. The zero-order chi connectivity index (χ0) is 17.4. The van der Waals surface area contributed by atoms with Gasteiger partial charge in [0.15, 0.2) is 18.2 Å². The van der Waals surface area contributed by atoms with Gasteiger partial charge in [-0.3, -0.25) is 19.2 Å². The second kappa shape index (κ2) is 6.08. The summed E-state index contributed by atoms with van der Waals surface area (Å²) in [6.45, 7) is -0.788. The Labute approximate surface area is 128 Å². The molecule has 0 unspecified atom stereocenters. The summed E-state index contributed by atoms with van der Waals surface area (Å²) in [5, 5.41) is 28.4. The summed E-state index contributed by atoms with van der Waals surface area (Å²) in [5.74, 6) is -7.42. The van der Waals surface area contributed by atoms with Crippen molar-refractivity contribution in [3.05, 3.63) is 11.6 Å². The summed E-state index contributed by atoms with van der Waals surface area (Å²) in [6, 6.07) is 0. The zero-order valence-corrected chi connectivity index (χ0v) is 11.5. The van der Waals surface area contributed by atoms with E-state index in [1.165, 1.54) is 0 Å². The molecule has 4 atom stereocenters. The van der Waals surface area contributed by atoms with Crippen LogP contribution in [0, 0.1) is 0 Å². The molecule has 1 heterocycles. The number of esters is 1. The molecule has 1 aliphatic carbocycles. The lowest BCUT2D eigenvalue weighted by atomic mass is 9.96. The number of ketones is 3. The smallest absolute Gasteiger partial charge is 0.345 e. The van der Waals surface area contributed by atoms with E-state index in [-0.39, 0.29) is 6.29 Å². The highest BCUT2D eigenvalue weighted by Gasteiger charge is 2.58. The molecule has 0 aromatic heterocycles. The van der Waals surface area contributed by atoms with E-state index in [1.54, 1.807) is 0 Å². The molecule has 124 valence electrons. The molecule has 2 rings (SSSR count). The number of aliphatic hydroxyl groups is 3. The number of aliphatic hydroxyl groups excluding tert-OH is 3. The molecule has 0 amide bonds. The van der Waals surface area contributed by atoms with E-state index in [0.29, 0.717) is 6.08 Å². The molecule has 10 heteroatoms. The van der Waals surface area contributed by atoms with Crippen LogP contribution in [0.15, 0.2) is 11.6 Å². The number of Topliss-reactive ketones (excluding diaryl/α,β-unsaturated/α-hetero) is 2. The molecule has 10 nitrogen and oxygen atoms in total. The quantitative estimate of drug-likeness (QED) is 0.155. The number of hydrogen-bond acceptors (Lipinski definition) is 10. The van der Waals surface area contributed by atoms with Gasteiger partial charge in [-0.05, 0) is 0 Å². The molecule has 2 aliphatic rings. The van der Waals surface area contributed by atoms with E-state index in [2.05, 4.69) is 4.74 Å². The Morgan fingerprint density at radius 3 is 2.57 bits per heavy atom. The highest BCUT2D eigenvalue weighted by atomic mass is 16.7. The van der Waals surface area contributed by atoms with Gasteiger partial charge in [0.25, 0.3) is 5.79 Å². The lowest BCUT2D eigenvalue weighted by molar-refractivity contribution is -0.232. The number of hydrogen-bond donors (Lipinski definition) is 3. The Bertz CT molecular complexity index is 620. The van der Waals surface area contributed by atoms with Crippen LogP contribution in [-0.2, 0) is 33.4 Å². The van der Waals surface area contributed by atoms with Gasteiger partial charge in [-0.1, -0.05) is 0 Å². The fourth-order valence-corrected chi connectivity index (χ4v) is 2.19. The second-order valence-electron chi connectivity index (χ2n) is 4.96. The van der Waals surface area contributed by atoms with E-state index in [1.807, 2.05) is 0 Å². The predicted molar refractivity (Wildman–Crippen MR) is 66.6 cm³/mol. The number of ether oxygens (including phenoxy) is 2. The number of rotatable bonds is 4. The van der Waals surface area contributed by atoms with Gasteiger partial charge >= 0.3 is 5.97 Å². The first kappa shape index (κ1) is 17.1. The fraction of sp³-hybridized carbons (Fsp3) is 0.462. The molecule has 1 aliphatic heterocycles. The summed E-state index contributed by atoms with van der Waals surface area (Å²) < 4.78 is 9.48. The molecule has 0 bridgehead atoms. The van der Waals surface area contributed by atoms with Crippen LogP contribution in [0.4, 0.5) is 0 Å². The number of carbonyl (C=O) groups excluding carboxylic acids is 5. The van der Waals surface area contributed by atoms with Crippen molar-refractivity contribution in [2.45, 2.75) is 30.5 Å². The van der Waals surface area contributed by atoms with Crippen LogP contribution in [0.3, 0.4) is 0 Å². The Kier molecular flexibility index (Phi) is 4.52. The molecule has 1 fully saturated rings. The van der Waals surface area contributed by atoms with Gasteiger partial charge in [-0.15, -0.1) is 0 Å². The summed E-state index contributed by atoms with van der Waals surface area (Å²) >= 11 is 0. The van der Waals surface area contributed by atoms with Gasteiger partial charge in [0.2, 0.25) is 11.6 Å². The Morgan fingerprint density at radius 2 is 2.04 bits per heavy atom. The first-order valence-electron chi connectivity index (χ1n) is 6.42. The number of carbonyl (C=O) groups is 5. The minimum atomic E-state index is -2.67. The predicted octanol–water partition coefficient (Wildman–Crippen LogP) is -3.42. The number of aldehydes is 1. The normalized spacial score (nSPS) is 34.3. The molecule has 0 spiro atoms. The van der Waals surface area contributed by atoms with Gasteiger partial charge in [0.1, 0.15) is 17.8 Å². The van der Waals surface area contributed by atoms with E-state index >= 15 is 0 Å². The third-order valence-corrected chi connectivity index (χ3v) is 3.41. The van der Waals surface area contributed by atoms with Gasteiger partial charge < -0.3 is 24.8 Å². The lowest BCUT2D eigenvalue weighted by Gasteiger charge is -2.26. The van der Waals surface area contributed by atoms with Crippen molar-refractivity contribution in [2.24, 2.45) is 0 Å². The molecule has 0 saturated carbocycles. The molecular weight excluding hydrogens is 316 g/mol. The first-order chi connectivity index (χ1) is 10.8. The minimum absolute atomic E-state index is 0.133. The van der Waals surface area contributed by atoms with Crippen LogP contribution in [-0.4, -0.2) is 75.6 Å². The van der Waals surface area contributed by atoms with Crippen LogP contribution in [0.5, 0.6) is 0 Å². The van der Waals surface area contributed by atoms with Crippen LogP contribution < -0.4 is 0 Å². The maximum absolute atomic E-state index is 12.0. The lowest BCUT2D eigenvalue weighted by Crippen LogP contribution is -2.49. The van der Waals surface area contributed by atoms with E-state index in [4.69, 9.17) is 9.84 Å². The standard InChI is InChI=1S/C13H12O10/c14-3-8-10(19)11(20)13(4-15,22-8)23-12(21)6-1-5(16)2-7(17)9(6)18/h1,4,8,10-11,14,19-20H,2-3H2/t8-,10-,11-,13+/m0/s1. The SMILES string of the molecule is O=C[C@]1(OC(=O)C2=CC(=O)CC(=O)C2=O)O[C@@H](CO)[C@H](O)[C@@H]1O. The van der Waals surface area contributed by atoms with Crippen molar-refractivity contribution < 1.29 is 48.8 Å². The van der Waals surface area contributed by atoms with E-state index in [9.17, 15) is 34.2 Å². The highest BCUT2D eigenvalue weighted by molar-refractivity contribution is 6.54. The van der Waals surface area contributed by atoms with Gasteiger partial charge in [0, 0.05) is 6.08 Å². The first-order valence-corrected chi connectivity index (χ1v) is 6.42. The zero-order valence-electron chi connectivity index (χ0n) is 11.5. The van der Waals surface area contributed by atoms with Crippen molar-refractivity contribution in [1.82, 2.24) is 0 Å². The van der Waals surface area contributed by atoms with Crippen molar-refractivity contribution in [1.29, 1.82) is 0 Å². The largest absolute Gasteiger partial charge is 0.419 e. The van der Waals surface area contributed by atoms with Crippen LogP contribution in [0.25, 0.3) is 0 Å². The average Bonchev–Trinajstić information content (AvgIpc) is 2.75. The van der Waals surface area contributed by atoms with E-state index < -0.39 is 66.0 Å². The van der Waals surface area contributed by atoms with Crippen molar-refractivity contribution in [3.8, 4) is 0 Å². The molecule has 0 aromatic rings. The van der Waals surface area contributed by atoms with Crippen LogP contribution in [0.2, 0.25) is 0 Å². The van der Waals surface area contributed by atoms with Gasteiger partial charge in [0.05, 0.1) is 13.0 Å². The minimum Gasteiger partial charge on any atom is -0.419 e. The van der Waals surface area contributed by atoms with Crippen LogP contribution in [0.1, 0.15) is 6.42 Å². The molecule has 0 radical (unpaired) electrons. The topological polar surface area (TPSA) is 164 Å². The molecular formula is C13H12O10. The maximum atomic E-state index is 12.0. The van der Waals surface area contributed by atoms with Crippen molar-refractivity contribution in [3.63, 3.8) is 0 Å². The monoisotopic (exact) mass is 328 g/mol. The van der Waals surface area contributed by atoms with Crippen molar-refractivity contribution >= 4 is 29.6 Å². The third kappa shape index (κ3) is 2.84. The second-order valence-corrected chi connectivity index (χ2v) is 4.96. The van der Waals surface area contributed by atoms with E-state index in [0.717, 1.165) is 0 Å². The summed E-state index contributed by atoms with van der Waals surface area (Å²) in [5.41, 5.74) is -0.912. The summed E-state index contributed by atoms with van der Waals surface area (Å²) in [7, 11) is 0. The Balaban J connectivity index is 2.28. The highest BCUT2D eigenvalue weighted by Crippen LogP contribution is 2.32. The third-order valence-electron chi connectivity index (χ3n) is 3.41. The van der Waals surface area contributed by atoms with Crippen molar-refractivity contribution in [2.75, 3.05) is 6.61 Å². The van der Waals surface area contributed by atoms with Gasteiger partial charge in [-0.25, -0.2) is 4.79 Å². The van der Waals surface area contributed by atoms with Crippen LogP contribution >= 0.6 is 0 Å².